The smallest absolute Gasteiger partial charge is 0.270 e. The Balaban J connectivity index is 2.34. The Hall–Kier alpha value is -1.95. The summed E-state index contributed by atoms with van der Waals surface area (Å²) in [4.78, 5) is 25.0. The van der Waals surface area contributed by atoms with Crippen molar-refractivity contribution in [2.75, 3.05) is 13.1 Å². The summed E-state index contributed by atoms with van der Waals surface area (Å²) in [6.07, 6.45) is 2.00. The molecule has 0 bridgehead atoms. The molecule has 1 aromatic rings. The van der Waals surface area contributed by atoms with Crippen LogP contribution in [-0.4, -0.2) is 34.9 Å². The fraction of sp³-hybridized carbons (Fsp3) is 0.533. The molecule has 2 N–H and O–H groups in total. The number of carbonyl (C=O) groups is 1. The maximum absolute atomic E-state index is 12.8. The molecule has 0 saturated carbocycles. The van der Waals surface area contributed by atoms with Crippen molar-refractivity contribution >= 4 is 11.6 Å². The van der Waals surface area contributed by atoms with Gasteiger partial charge in [0.1, 0.15) is 0 Å². The van der Waals surface area contributed by atoms with Gasteiger partial charge >= 0.3 is 0 Å². The first-order chi connectivity index (χ1) is 9.95. The monoisotopic (exact) mass is 291 g/mol. The number of nitrogens with two attached hydrogens (primary N) is 1. The van der Waals surface area contributed by atoms with E-state index >= 15 is 0 Å². The molecular weight excluding hydrogens is 270 g/mol. The zero-order valence-corrected chi connectivity index (χ0v) is 12.4. The average molecular weight is 291 g/mol. The Morgan fingerprint density at radius 1 is 1.52 bits per heavy atom. The number of hydrogen-bond acceptors (Lipinski definition) is 4. The van der Waals surface area contributed by atoms with Crippen LogP contribution in [0.4, 0.5) is 5.69 Å². The predicted molar refractivity (Wildman–Crippen MR) is 80.1 cm³/mol. The Bertz CT molecular complexity index is 559. The van der Waals surface area contributed by atoms with Crippen LogP contribution >= 0.6 is 0 Å². The van der Waals surface area contributed by atoms with Crippen molar-refractivity contribution < 1.29 is 9.72 Å². The molecule has 2 unspecified atom stereocenters. The van der Waals surface area contributed by atoms with E-state index in [0.29, 0.717) is 24.6 Å². The SMILES string of the molecule is Cc1ccc([N+](=O)[O-])cc1C(=O)N1CCCC(C)C1CN. The normalized spacial score (nSPS) is 22.1. The number of benzene rings is 1. The lowest BCUT2D eigenvalue weighted by Gasteiger charge is -2.39. The highest BCUT2D eigenvalue weighted by atomic mass is 16.6. The first-order valence-electron chi connectivity index (χ1n) is 7.21. The number of rotatable bonds is 3. The van der Waals surface area contributed by atoms with Gasteiger partial charge in [-0.15, -0.1) is 0 Å². The van der Waals surface area contributed by atoms with E-state index < -0.39 is 4.92 Å². The average Bonchev–Trinajstić information content (AvgIpc) is 2.46. The third kappa shape index (κ3) is 3.05. The molecule has 1 fully saturated rings. The summed E-state index contributed by atoms with van der Waals surface area (Å²) in [5.74, 6) is 0.199. The topological polar surface area (TPSA) is 89.5 Å². The van der Waals surface area contributed by atoms with Gasteiger partial charge in [0.25, 0.3) is 11.6 Å². The minimum absolute atomic E-state index is 0.00455. The fourth-order valence-electron chi connectivity index (χ4n) is 2.97. The Labute approximate surface area is 124 Å². The lowest BCUT2D eigenvalue weighted by Crippen LogP contribution is -2.51. The van der Waals surface area contributed by atoms with E-state index in [9.17, 15) is 14.9 Å². The summed E-state index contributed by atoms with van der Waals surface area (Å²) in [6.45, 7) is 4.97. The quantitative estimate of drug-likeness (QED) is 0.682. The summed E-state index contributed by atoms with van der Waals surface area (Å²) in [5.41, 5.74) is 6.91. The highest BCUT2D eigenvalue weighted by molar-refractivity contribution is 5.96. The molecule has 1 aliphatic rings. The van der Waals surface area contributed by atoms with Crippen molar-refractivity contribution in [3.05, 3.63) is 39.4 Å². The van der Waals surface area contributed by atoms with Gasteiger partial charge in [0, 0.05) is 36.8 Å². The summed E-state index contributed by atoms with van der Waals surface area (Å²) >= 11 is 0. The summed E-state index contributed by atoms with van der Waals surface area (Å²) in [6, 6.07) is 4.41. The maximum Gasteiger partial charge on any atom is 0.270 e. The second-order valence-corrected chi connectivity index (χ2v) is 5.68. The third-order valence-electron chi connectivity index (χ3n) is 4.28. The van der Waals surface area contributed by atoms with Crippen molar-refractivity contribution in [1.82, 2.24) is 4.90 Å². The number of hydrogen-bond donors (Lipinski definition) is 1. The second kappa shape index (κ2) is 6.22. The Kier molecular flexibility index (Phi) is 4.57. The number of carbonyl (C=O) groups excluding carboxylic acids is 1. The zero-order chi connectivity index (χ0) is 15.6. The molecule has 1 heterocycles. The highest BCUT2D eigenvalue weighted by Crippen LogP contribution is 2.26. The number of amides is 1. The minimum Gasteiger partial charge on any atom is -0.334 e. The van der Waals surface area contributed by atoms with Crippen LogP contribution in [0.1, 0.15) is 35.7 Å². The van der Waals surface area contributed by atoms with Gasteiger partial charge in [0.15, 0.2) is 0 Å². The minimum atomic E-state index is -0.477. The van der Waals surface area contributed by atoms with Crippen LogP contribution in [0.5, 0.6) is 0 Å². The van der Waals surface area contributed by atoms with E-state index in [1.54, 1.807) is 17.9 Å². The number of nitrogens with zero attached hydrogens (tertiary/aromatic N) is 2. The largest absolute Gasteiger partial charge is 0.334 e. The molecule has 114 valence electrons. The highest BCUT2D eigenvalue weighted by Gasteiger charge is 2.32. The maximum atomic E-state index is 12.8. The molecule has 2 rings (SSSR count). The van der Waals surface area contributed by atoms with Crippen LogP contribution in [0, 0.1) is 23.0 Å². The number of piperidine rings is 1. The van der Waals surface area contributed by atoms with E-state index in [1.807, 2.05) is 0 Å². The molecule has 2 atom stereocenters. The van der Waals surface area contributed by atoms with E-state index in [1.165, 1.54) is 12.1 Å². The number of likely N-dealkylation sites (tertiary alicyclic amines) is 1. The molecule has 6 heteroatoms. The molecule has 1 aliphatic heterocycles. The van der Waals surface area contributed by atoms with Crippen molar-refractivity contribution in [2.45, 2.75) is 32.7 Å². The molecule has 0 aliphatic carbocycles. The molecule has 1 saturated heterocycles. The molecule has 0 aromatic heterocycles. The van der Waals surface area contributed by atoms with Gasteiger partial charge in [0.2, 0.25) is 0 Å². The lowest BCUT2D eigenvalue weighted by molar-refractivity contribution is -0.384. The van der Waals surface area contributed by atoms with Crippen LogP contribution in [0.15, 0.2) is 18.2 Å². The number of aryl methyl sites for hydroxylation is 1. The zero-order valence-electron chi connectivity index (χ0n) is 12.4. The van der Waals surface area contributed by atoms with Crippen LogP contribution in [-0.2, 0) is 0 Å². The third-order valence-corrected chi connectivity index (χ3v) is 4.28. The molecule has 0 radical (unpaired) electrons. The molecule has 0 spiro atoms. The van der Waals surface area contributed by atoms with Crippen LogP contribution in [0.3, 0.4) is 0 Å². The lowest BCUT2D eigenvalue weighted by atomic mass is 9.90. The molecular formula is C15H21N3O3. The first-order valence-corrected chi connectivity index (χ1v) is 7.21. The predicted octanol–water partition coefficient (Wildman–Crippen LogP) is 2.10. The molecule has 1 aromatic carbocycles. The van der Waals surface area contributed by atoms with Gasteiger partial charge in [-0.25, -0.2) is 0 Å². The molecule has 6 nitrogen and oxygen atoms in total. The van der Waals surface area contributed by atoms with Crippen molar-refractivity contribution in [1.29, 1.82) is 0 Å². The van der Waals surface area contributed by atoms with Crippen molar-refractivity contribution in [2.24, 2.45) is 11.7 Å². The standard InChI is InChI=1S/C15H21N3O3/c1-10-5-6-12(18(20)21)8-13(10)15(19)17-7-3-4-11(2)14(17)9-16/h5-6,8,11,14H,3-4,7,9,16H2,1-2H3. The first kappa shape index (κ1) is 15.4. The molecule has 21 heavy (non-hydrogen) atoms. The van der Waals surface area contributed by atoms with Gasteiger partial charge in [-0.2, -0.15) is 0 Å². The Morgan fingerprint density at radius 2 is 2.24 bits per heavy atom. The van der Waals surface area contributed by atoms with E-state index in [2.05, 4.69) is 6.92 Å². The van der Waals surface area contributed by atoms with E-state index in [-0.39, 0.29) is 17.6 Å². The summed E-state index contributed by atoms with van der Waals surface area (Å²) in [5, 5.41) is 10.9. The summed E-state index contributed by atoms with van der Waals surface area (Å²) < 4.78 is 0. The summed E-state index contributed by atoms with van der Waals surface area (Å²) in [7, 11) is 0. The van der Waals surface area contributed by atoms with Crippen LogP contribution in [0.25, 0.3) is 0 Å². The van der Waals surface area contributed by atoms with Crippen molar-refractivity contribution in [3.63, 3.8) is 0 Å². The van der Waals surface area contributed by atoms with Crippen LogP contribution < -0.4 is 5.73 Å². The van der Waals surface area contributed by atoms with Gasteiger partial charge < -0.3 is 10.6 Å². The number of nitro benzene ring substituents is 1. The fourth-order valence-corrected chi connectivity index (χ4v) is 2.97. The van der Waals surface area contributed by atoms with Crippen molar-refractivity contribution in [3.8, 4) is 0 Å². The second-order valence-electron chi connectivity index (χ2n) is 5.68. The van der Waals surface area contributed by atoms with E-state index in [0.717, 1.165) is 18.4 Å². The van der Waals surface area contributed by atoms with Gasteiger partial charge in [-0.1, -0.05) is 13.0 Å². The number of nitro groups is 1. The Morgan fingerprint density at radius 3 is 2.86 bits per heavy atom. The van der Waals surface area contributed by atoms with Gasteiger partial charge in [0.05, 0.1) is 4.92 Å². The van der Waals surface area contributed by atoms with Gasteiger partial charge in [-0.3, -0.25) is 14.9 Å². The van der Waals surface area contributed by atoms with Gasteiger partial charge in [-0.05, 0) is 31.2 Å². The number of non-ortho nitro benzene ring substituents is 1. The van der Waals surface area contributed by atoms with Crippen LogP contribution in [0.2, 0.25) is 0 Å². The van der Waals surface area contributed by atoms with E-state index in [4.69, 9.17) is 5.73 Å². The molecule has 1 amide bonds.